The Morgan fingerprint density at radius 1 is 1.21 bits per heavy atom. The highest BCUT2D eigenvalue weighted by molar-refractivity contribution is 5.97. The molecule has 0 aliphatic heterocycles. The maximum atomic E-state index is 12.4. The zero-order valence-electron chi connectivity index (χ0n) is 17.8. The highest BCUT2D eigenvalue weighted by Gasteiger charge is 2.20. The molecule has 158 valence electrons. The highest BCUT2D eigenvalue weighted by atomic mass is 16.5. The van der Waals surface area contributed by atoms with Crippen molar-refractivity contribution in [2.45, 2.75) is 46.3 Å². The van der Waals surface area contributed by atoms with Gasteiger partial charge < -0.3 is 24.8 Å². The fourth-order valence-electron chi connectivity index (χ4n) is 2.78. The maximum Gasteiger partial charge on any atom is 0.328 e. The largest absolute Gasteiger partial charge is 0.464 e. The molecule has 1 atom stereocenters. The van der Waals surface area contributed by atoms with Gasteiger partial charge in [-0.2, -0.15) is 0 Å². The third kappa shape index (κ3) is 5.46. The number of urea groups is 1. The van der Waals surface area contributed by atoms with Crippen molar-refractivity contribution >= 4 is 28.9 Å². The van der Waals surface area contributed by atoms with Gasteiger partial charge in [0.1, 0.15) is 11.9 Å². The van der Waals surface area contributed by atoms with Gasteiger partial charge in [0.15, 0.2) is 0 Å². The molecule has 1 aromatic heterocycles. The van der Waals surface area contributed by atoms with Crippen LogP contribution in [0.2, 0.25) is 0 Å². The minimum atomic E-state index is -0.743. The number of rotatable bonds is 7. The van der Waals surface area contributed by atoms with Gasteiger partial charge in [-0.15, -0.1) is 0 Å². The van der Waals surface area contributed by atoms with Crippen LogP contribution in [0.1, 0.15) is 43.9 Å². The van der Waals surface area contributed by atoms with E-state index in [-0.39, 0.29) is 25.1 Å². The second-order valence-corrected chi connectivity index (χ2v) is 7.20. The molecule has 0 radical (unpaired) electrons. The Morgan fingerprint density at radius 2 is 1.90 bits per heavy atom. The molecule has 0 saturated heterocycles. The molecule has 0 aliphatic rings. The Hall–Kier alpha value is -3.10. The van der Waals surface area contributed by atoms with Gasteiger partial charge in [0.2, 0.25) is 0 Å². The number of amides is 3. The number of hydrogen-bond acceptors (Lipinski definition) is 5. The number of benzene rings is 1. The lowest BCUT2D eigenvalue weighted by atomic mass is 10.2. The average Bonchev–Trinajstić information content (AvgIpc) is 2.96. The summed E-state index contributed by atoms with van der Waals surface area (Å²) in [4.78, 5) is 42.3. The first-order chi connectivity index (χ1) is 13.6. The van der Waals surface area contributed by atoms with Gasteiger partial charge in [-0.05, 0) is 45.9 Å². The molecule has 2 aromatic rings. The summed E-state index contributed by atoms with van der Waals surface area (Å²) < 4.78 is 6.77. The van der Waals surface area contributed by atoms with E-state index in [0.717, 1.165) is 5.52 Å². The summed E-state index contributed by atoms with van der Waals surface area (Å²) in [6.45, 7) is 7.58. The van der Waals surface area contributed by atoms with Crippen molar-refractivity contribution in [2.24, 2.45) is 7.05 Å². The van der Waals surface area contributed by atoms with Crippen LogP contribution in [-0.2, 0) is 23.1 Å². The number of nitrogens with one attached hydrogen (secondary N) is 2. The van der Waals surface area contributed by atoms with E-state index in [9.17, 15) is 14.4 Å². The number of ether oxygens (including phenoxy) is 1. The zero-order valence-corrected chi connectivity index (χ0v) is 17.8. The quantitative estimate of drug-likeness (QED) is 0.686. The summed E-state index contributed by atoms with van der Waals surface area (Å²) in [6, 6.07) is 4.22. The van der Waals surface area contributed by atoms with E-state index in [0.29, 0.717) is 16.9 Å². The van der Waals surface area contributed by atoms with Crippen LogP contribution in [0.25, 0.3) is 11.0 Å². The minimum Gasteiger partial charge on any atom is -0.464 e. The lowest BCUT2D eigenvalue weighted by Gasteiger charge is -2.20. The number of aryl methyl sites for hydroxylation is 1. The summed E-state index contributed by atoms with van der Waals surface area (Å²) in [6.07, 6.45) is 0. The Labute approximate surface area is 170 Å². The van der Waals surface area contributed by atoms with Crippen LogP contribution >= 0.6 is 0 Å². The topological polar surface area (TPSA) is 106 Å². The SMILES string of the molecule is CCOC(=O)C(C)NC(=O)N(C)Cc1nc2cc(C(=O)NC(C)C)ccc2n1C. The van der Waals surface area contributed by atoms with Gasteiger partial charge >= 0.3 is 12.0 Å². The number of imidazole rings is 1. The van der Waals surface area contributed by atoms with Crippen LogP contribution in [0, 0.1) is 0 Å². The lowest BCUT2D eigenvalue weighted by molar-refractivity contribution is -0.144. The van der Waals surface area contributed by atoms with Gasteiger partial charge in [-0.1, -0.05) is 0 Å². The first-order valence-electron chi connectivity index (χ1n) is 9.58. The van der Waals surface area contributed by atoms with E-state index >= 15 is 0 Å². The first kappa shape index (κ1) is 22.2. The molecule has 1 aromatic carbocycles. The number of carbonyl (C=O) groups is 3. The fourth-order valence-corrected chi connectivity index (χ4v) is 2.78. The number of esters is 1. The first-order valence-corrected chi connectivity index (χ1v) is 9.58. The molecule has 3 amide bonds. The molecular weight excluding hydrogens is 374 g/mol. The van der Waals surface area contributed by atoms with Gasteiger partial charge in [-0.25, -0.2) is 14.6 Å². The molecule has 0 spiro atoms. The van der Waals surface area contributed by atoms with E-state index in [2.05, 4.69) is 15.6 Å². The molecule has 0 fully saturated rings. The van der Waals surface area contributed by atoms with E-state index in [1.807, 2.05) is 31.5 Å². The Balaban J connectivity index is 2.13. The second kappa shape index (κ2) is 9.40. The Kier molecular flexibility index (Phi) is 7.19. The molecule has 29 heavy (non-hydrogen) atoms. The van der Waals surface area contributed by atoms with Crippen molar-refractivity contribution in [3.63, 3.8) is 0 Å². The van der Waals surface area contributed by atoms with Crippen LogP contribution in [0.5, 0.6) is 0 Å². The third-order valence-electron chi connectivity index (χ3n) is 4.36. The number of fused-ring (bicyclic) bond motifs is 1. The smallest absolute Gasteiger partial charge is 0.328 e. The van der Waals surface area contributed by atoms with Crippen molar-refractivity contribution in [1.82, 2.24) is 25.1 Å². The summed E-state index contributed by atoms with van der Waals surface area (Å²) in [5.74, 6) is 0.0191. The molecular formula is C20H29N5O4. The Bertz CT molecular complexity index is 906. The zero-order chi connectivity index (χ0) is 21.7. The van der Waals surface area contributed by atoms with Crippen LogP contribution in [-0.4, -0.2) is 58.1 Å². The normalized spacial score (nSPS) is 12.0. The molecule has 1 unspecified atom stereocenters. The van der Waals surface area contributed by atoms with Crippen molar-refractivity contribution < 1.29 is 19.1 Å². The molecule has 2 N–H and O–H groups in total. The predicted molar refractivity (Wildman–Crippen MR) is 109 cm³/mol. The number of nitrogens with zero attached hydrogens (tertiary/aromatic N) is 3. The summed E-state index contributed by atoms with van der Waals surface area (Å²) >= 11 is 0. The third-order valence-corrected chi connectivity index (χ3v) is 4.36. The molecule has 0 aliphatic carbocycles. The molecule has 0 bridgehead atoms. The van der Waals surface area contributed by atoms with Crippen LogP contribution in [0.3, 0.4) is 0 Å². The van der Waals surface area contributed by atoms with Crippen LogP contribution < -0.4 is 10.6 Å². The molecule has 1 heterocycles. The van der Waals surface area contributed by atoms with Crippen LogP contribution in [0.15, 0.2) is 18.2 Å². The monoisotopic (exact) mass is 403 g/mol. The lowest BCUT2D eigenvalue weighted by Crippen LogP contribution is -2.45. The molecule has 0 saturated carbocycles. The van der Waals surface area contributed by atoms with Crippen molar-refractivity contribution in [2.75, 3.05) is 13.7 Å². The number of carbonyl (C=O) groups excluding carboxylic acids is 3. The summed E-state index contributed by atoms with van der Waals surface area (Å²) in [5, 5.41) is 5.46. The van der Waals surface area contributed by atoms with Gasteiger partial charge in [0.25, 0.3) is 5.91 Å². The van der Waals surface area contributed by atoms with Crippen LogP contribution in [0.4, 0.5) is 4.79 Å². The van der Waals surface area contributed by atoms with Gasteiger partial charge in [0, 0.05) is 25.7 Å². The number of aromatic nitrogens is 2. The second-order valence-electron chi connectivity index (χ2n) is 7.20. The van der Waals surface area contributed by atoms with E-state index < -0.39 is 18.0 Å². The molecule has 9 heteroatoms. The maximum absolute atomic E-state index is 12.4. The predicted octanol–water partition coefficient (Wildman–Crippen LogP) is 1.80. The van der Waals surface area contributed by atoms with Crippen molar-refractivity contribution in [3.8, 4) is 0 Å². The van der Waals surface area contributed by atoms with Gasteiger partial charge in [-0.3, -0.25) is 4.79 Å². The van der Waals surface area contributed by atoms with Gasteiger partial charge in [0.05, 0.1) is 24.2 Å². The van der Waals surface area contributed by atoms with E-state index in [1.54, 1.807) is 33.0 Å². The summed E-state index contributed by atoms with van der Waals surface area (Å²) in [5.41, 5.74) is 2.06. The standard InChI is InChI=1S/C20H29N5O4/c1-7-29-19(27)13(4)22-20(28)24(5)11-17-23-15-10-14(18(26)21-12(2)3)8-9-16(15)25(17)6/h8-10,12-13H,7,11H2,1-6H3,(H,21,26)(H,22,28). The Morgan fingerprint density at radius 3 is 2.52 bits per heavy atom. The molecule has 9 nitrogen and oxygen atoms in total. The highest BCUT2D eigenvalue weighted by Crippen LogP contribution is 2.18. The summed E-state index contributed by atoms with van der Waals surface area (Å²) in [7, 11) is 3.47. The van der Waals surface area contributed by atoms with Crippen molar-refractivity contribution in [1.29, 1.82) is 0 Å². The minimum absolute atomic E-state index is 0.0432. The fraction of sp³-hybridized carbons (Fsp3) is 0.500. The average molecular weight is 403 g/mol. The van der Waals surface area contributed by atoms with Crippen molar-refractivity contribution in [3.05, 3.63) is 29.6 Å². The van der Waals surface area contributed by atoms with E-state index in [4.69, 9.17) is 4.74 Å². The molecule has 2 rings (SSSR count). The van der Waals surface area contributed by atoms with E-state index in [1.165, 1.54) is 4.90 Å². The number of hydrogen-bond donors (Lipinski definition) is 2.